The number of carbonyl (C=O) groups is 1. The summed E-state index contributed by atoms with van der Waals surface area (Å²) in [5.41, 5.74) is 6.15. The minimum Gasteiger partial charge on any atom is -0.461 e. The van der Waals surface area contributed by atoms with Crippen molar-refractivity contribution in [3.8, 4) is 17.6 Å². The highest BCUT2D eigenvalue weighted by molar-refractivity contribution is 6.33. The zero-order valence-corrected chi connectivity index (χ0v) is 22.8. The van der Waals surface area contributed by atoms with Crippen molar-refractivity contribution in [1.82, 2.24) is 19.9 Å². The number of hydrogen-bond acceptors (Lipinski definition) is 10. The van der Waals surface area contributed by atoms with E-state index < -0.39 is 5.82 Å². The van der Waals surface area contributed by atoms with Crippen LogP contribution in [0.3, 0.4) is 0 Å². The normalized spacial score (nSPS) is 17.2. The Kier molecular flexibility index (Phi) is 8.19. The van der Waals surface area contributed by atoms with Crippen LogP contribution in [0.5, 0.6) is 17.6 Å². The molecule has 11 nitrogen and oxygen atoms in total. The summed E-state index contributed by atoms with van der Waals surface area (Å²) in [5, 5.41) is 7.91. The first-order valence-electron chi connectivity index (χ1n) is 12.5. The van der Waals surface area contributed by atoms with Crippen molar-refractivity contribution in [2.45, 2.75) is 18.9 Å². The van der Waals surface area contributed by atoms with Crippen molar-refractivity contribution in [1.29, 1.82) is 5.41 Å². The number of aromatic nitrogens is 3. The van der Waals surface area contributed by atoms with Crippen molar-refractivity contribution >= 4 is 57.7 Å². The number of nitrogens with two attached hydrogens (primary N) is 1. The number of halogens is 3. The number of fused-ring (bicyclic) bond motifs is 1. The molecule has 0 aliphatic carbocycles. The average molecular weight is 590 g/mol. The Hall–Kier alpha value is -3.74. The van der Waals surface area contributed by atoms with Gasteiger partial charge in [0, 0.05) is 44.7 Å². The second-order valence-electron chi connectivity index (χ2n) is 9.19. The lowest BCUT2D eigenvalue weighted by Crippen LogP contribution is -2.48. The molecule has 0 saturated carbocycles. The van der Waals surface area contributed by atoms with Gasteiger partial charge in [-0.2, -0.15) is 15.0 Å². The molecule has 2 saturated heterocycles. The van der Waals surface area contributed by atoms with Crippen molar-refractivity contribution in [3.05, 3.63) is 46.3 Å². The zero-order chi connectivity index (χ0) is 28.4. The van der Waals surface area contributed by atoms with Gasteiger partial charge in [0.15, 0.2) is 5.75 Å². The third-order valence-corrected chi connectivity index (χ3v) is 7.20. The number of carbonyl (C=O) groups excluding carboxylic acids is 1. The second-order valence-corrected chi connectivity index (χ2v) is 9.95. The molecule has 40 heavy (non-hydrogen) atoms. The summed E-state index contributed by atoms with van der Waals surface area (Å²) in [7, 11) is 0. The number of benzene rings is 1. The molecule has 3 N–H and O–H groups in total. The Bertz CT molecular complexity index is 1480. The Morgan fingerprint density at radius 1 is 1.25 bits per heavy atom. The zero-order valence-electron chi connectivity index (χ0n) is 21.3. The van der Waals surface area contributed by atoms with Crippen LogP contribution in [0.25, 0.3) is 10.9 Å². The summed E-state index contributed by atoms with van der Waals surface area (Å²) in [4.78, 5) is 29.3. The summed E-state index contributed by atoms with van der Waals surface area (Å²) in [6, 6.07) is 2.64. The molecule has 210 valence electrons. The first-order chi connectivity index (χ1) is 19.3. The van der Waals surface area contributed by atoms with Crippen LogP contribution >= 0.6 is 23.2 Å². The third-order valence-electron chi connectivity index (χ3n) is 6.66. The average Bonchev–Trinajstić information content (AvgIpc) is 3.48. The fourth-order valence-electron chi connectivity index (χ4n) is 4.60. The predicted molar refractivity (Wildman–Crippen MR) is 150 cm³/mol. The number of rotatable bonds is 8. The lowest BCUT2D eigenvalue weighted by atomic mass is 10.1. The van der Waals surface area contributed by atoms with Crippen molar-refractivity contribution < 1.29 is 23.4 Å². The molecule has 2 aliphatic rings. The Balaban J connectivity index is 1.59. The molecular weight excluding hydrogens is 564 g/mol. The number of nitrogens with one attached hydrogen (secondary N) is 1. The van der Waals surface area contributed by atoms with Crippen LogP contribution in [-0.2, 0) is 9.53 Å². The van der Waals surface area contributed by atoms with Gasteiger partial charge in [-0.3, -0.25) is 4.79 Å². The first-order valence-corrected chi connectivity index (χ1v) is 13.3. The maximum atomic E-state index is 14.5. The van der Waals surface area contributed by atoms with Crippen LogP contribution in [0.1, 0.15) is 18.4 Å². The Morgan fingerprint density at radius 2 is 2.02 bits per heavy atom. The summed E-state index contributed by atoms with van der Waals surface area (Å²) < 4.78 is 32.0. The van der Waals surface area contributed by atoms with Crippen LogP contribution < -0.4 is 20.1 Å². The van der Waals surface area contributed by atoms with Gasteiger partial charge in [-0.1, -0.05) is 29.8 Å². The molecule has 14 heteroatoms. The molecule has 1 unspecified atom stereocenters. The highest BCUT2D eigenvalue weighted by Crippen LogP contribution is 2.40. The van der Waals surface area contributed by atoms with E-state index in [2.05, 4.69) is 21.5 Å². The predicted octanol–water partition coefficient (Wildman–Crippen LogP) is 4.24. The van der Waals surface area contributed by atoms with Gasteiger partial charge in [0.1, 0.15) is 33.9 Å². The van der Waals surface area contributed by atoms with Gasteiger partial charge < -0.3 is 35.2 Å². The molecular formula is C26H26Cl2FN7O4. The van der Waals surface area contributed by atoms with Crippen LogP contribution in [0, 0.1) is 11.2 Å². The first kappa shape index (κ1) is 27.8. The fourth-order valence-corrected chi connectivity index (χ4v) is 4.98. The maximum Gasteiger partial charge on any atom is 0.319 e. The molecule has 1 aromatic carbocycles. The van der Waals surface area contributed by atoms with E-state index >= 15 is 0 Å². The minimum atomic E-state index is -0.825. The van der Waals surface area contributed by atoms with E-state index in [0.29, 0.717) is 44.0 Å². The van der Waals surface area contributed by atoms with E-state index in [4.69, 9.17) is 48.6 Å². The molecule has 2 aromatic heterocycles. The molecule has 0 spiro atoms. The molecule has 0 radical (unpaired) electrons. The van der Waals surface area contributed by atoms with Gasteiger partial charge >= 0.3 is 6.01 Å². The lowest BCUT2D eigenvalue weighted by molar-refractivity contribution is -0.126. The molecule has 3 aromatic rings. The van der Waals surface area contributed by atoms with Crippen LogP contribution in [-0.4, -0.2) is 77.5 Å². The number of hydrogen-bond donors (Lipinski definition) is 2. The summed E-state index contributed by atoms with van der Waals surface area (Å²) in [6.07, 6.45) is 3.91. The van der Waals surface area contributed by atoms with Gasteiger partial charge in [-0.25, -0.2) is 4.39 Å². The highest BCUT2D eigenvalue weighted by atomic mass is 35.5. The lowest BCUT2D eigenvalue weighted by Gasteiger charge is -2.35. The third kappa shape index (κ3) is 5.60. The molecule has 1 atom stereocenters. The Labute approximate surface area is 239 Å². The topological polar surface area (TPSA) is 140 Å². The standard InChI is InChI=1S/C26H26Cl2FN7O4/c1-2-20(37)35-5-7-36(8-6-35)24-15-10-19(27)32-25(40-23-16(12-30)18(31)11-17(29)21(23)28)22(15)33-26(34-24)39-13-14-4-3-9-38-14/h2,10-12,14,30H,1,3-9,13,31H2. The quantitative estimate of drug-likeness (QED) is 0.171. The number of ether oxygens (including phenoxy) is 3. The number of anilines is 2. The van der Waals surface area contributed by atoms with E-state index in [-0.39, 0.29) is 63.2 Å². The smallest absolute Gasteiger partial charge is 0.319 e. The van der Waals surface area contributed by atoms with Gasteiger partial charge in [0.2, 0.25) is 11.8 Å². The fraction of sp³-hybridized carbons (Fsp3) is 0.346. The van der Waals surface area contributed by atoms with Gasteiger partial charge in [-0.15, -0.1) is 0 Å². The van der Waals surface area contributed by atoms with E-state index in [0.717, 1.165) is 25.1 Å². The van der Waals surface area contributed by atoms with Gasteiger partial charge in [-0.05, 0) is 31.1 Å². The number of amides is 1. The van der Waals surface area contributed by atoms with Gasteiger partial charge in [0.05, 0.1) is 17.1 Å². The molecule has 0 bridgehead atoms. The Morgan fingerprint density at radius 3 is 2.70 bits per heavy atom. The summed E-state index contributed by atoms with van der Waals surface area (Å²) >= 11 is 12.6. The van der Waals surface area contributed by atoms with E-state index in [1.807, 2.05) is 4.90 Å². The number of piperazine rings is 1. The molecule has 1 amide bonds. The number of nitrogen functional groups attached to an aromatic ring is 1. The molecule has 4 heterocycles. The minimum absolute atomic E-state index is 0.0407. The highest BCUT2D eigenvalue weighted by Gasteiger charge is 2.27. The molecule has 2 aliphatic heterocycles. The van der Waals surface area contributed by atoms with Crippen LogP contribution in [0.4, 0.5) is 15.9 Å². The SMILES string of the molecule is C=CC(=O)N1CCN(c2nc(OCC3CCCO3)nc3c(Oc4c(Cl)c(F)cc(N)c4C=N)nc(Cl)cc23)CC1. The largest absolute Gasteiger partial charge is 0.461 e. The summed E-state index contributed by atoms with van der Waals surface area (Å²) in [6.45, 7) is 6.31. The van der Waals surface area contributed by atoms with Crippen molar-refractivity contribution in [3.63, 3.8) is 0 Å². The monoisotopic (exact) mass is 589 g/mol. The van der Waals surface area contributed by atoms with Crippen LogP contribution in [0.2, 0.25) is 10.2 Å². The number of nitrogens with zero attached hydrogens (tertiary/aromatic N) is 5. The van der Waals surface area contributed by atoms with Crippen molar-refractivity contribution in [2.24, 2.45) is 0 Å². The molecule has 5 rings (SSSR count). The van der Waals surface area contributed by atoms with E-state index in [1.54, 1.807) is 11.0 Å². The van der Waals surface area contributed by atoms with E-state index in [9.17, 15) is 9.18 Å². The second kappa shape index (κ2) is 11.8. The number of pyridine rings is 1. The molecule has 2 fully saturated rings. The van der Waals surface area contributed by atoms with Gasteiger partial charge in [0.25, 0.3) is 0 Å². The van der Waals surface area contributed by atoms with E-state index in [1.165, 1.54) is 6.08 Å². The summed E-state index contributed by atoms with van der Waals surface area (Å²) in [5.74, 6) is -0.797. The van der Waals surface area contributed by atoms with Crippen molar-refractivity contribution in [2.75, 3.05) is 50.0 Å². The maximum absolute atomic E-state index is 14.5. The van der Waals surface area contributed by atoms with Crippen LogP contribution in [0.15, 0.2) is 24.8 Å².